The van der Waals surface area contributed by atoms with Gasteiger partial charge in [-0.3, -0.25) is 0 Å². The fraction of sp³-hybridized carbons (Fsp3) is 0.118. The summed E-state index contributed by atoms with van der Waals surface area (Å²) in [6, 6.07) is 6.63. The van der Waals surface area contributed by atoms with Gasteiger partial charge < -0.3 is 4.74 Å². The lowest BCUT2D eigenvalue weighted by molar-refractivity contribution is -0.133. The fourth-order valence-corrected chi connectivity index (χ4v) is 3.46. The van der Waals surface area contributed by atoms with E-state index in [-0.39, 0.29) is 23.3 Å². The number of carbonyl (C=O) groups excluding carboxylic acids is 1. The second-order valence-electron chi connectivity index (χ2n) is 5.48. The highest BCUT2D eigenvalue weighted by atomic mass is 32.2. The average Bonchev–Trinajstić information content (AvgIpc) is 2.87. The van der Waals surface area contributed by atoms with Crippen LogP contribution in [0.15, 0.2) is 41.3 Å². The van der Waals surface area contributed by atoms with Gasteiger partial charge in [-0.15, -0.1) is 0 Å². The summed E-state index contributed by atoms with van der Waals surface area (Å²) in [6.07, 6.45) is 0.694. The van der Waals surface area contributed by atoms with Crippen LogP contribution in [0.2, 0.25) is 0 Å². The zero-order valence-corrected chi connectivity index (χ0v) is 13.7. The fourth-order valence-electron chi connectivity index (χ4n) is 2.63. The number of hydrogen-bond donors (Lipinski definition) is 0. The van der Waals surface area contributed by atoms with Crippen LogP contribution in [0.5, 0.6) is 0 Å². The molecule has 1 aliphatic heterocycles. The molecule has 0 fully saturated rings. The van der Waals surface area contributed by atoms with Crippen molar-refractivity contribution in [3.05, 3.63) is 65.0 Å². The van der Waals surface area contributed by atoms with Gasteiger partial charge >= 0.3 is 5.97 Å². The van der Waals surface area contributed by atoms with Gasteiger partial charge in [-0.25, -0.2) is 26.4 Å². The SMILES string of the molecule is CS(=O)(=O)c1c(F)cc(C2=C(c3ccc(F)cc3)C(=O)OC2)cc1F. The van der Waals surface area contributed by atoms with Crippen molar-refractivity contribution in [3.8, 4) is 0 Å². The molecule has 0 saturated heterocycles. The predicted octanol–water partition coefficient (Wildman–Crippen LogP) is 2.98. The number of benzene rings is 2. The van der Waals surface area contributed by atoms with Crippen LogP contribution in [0.4, 0.5) is 13.2 Å². The quantitative estimate of drug-likeness (QED) is 0.782. The van der Waals surface area contributed by atoms with E-state index in [2.05, 4.69) is 0 Å². The first-order valence-electron chi connectivity index (χ1n) is 7.04. The van der Waals surface area contributed by atoms with Gasteiger partial charge in [-0.1, -0.05) is 12.1 Å². The number of esters is 1. The van der Waals surface area contributed by atoms with Gasteiger partial charge in [0.05, 0.1) is 5.57 Å². The van der Waals surface area contributed by atoms with E-state index < -0.39 is 38.2 Å². The summed E-state index contributed by atoms with van der Waals surface area (Å²) in [5, 5.41) is 0. The van der Waals surface area contributed by atoms with Crippen molar-refractivity contribution in [1.29, 1.82) is 0 Å². The van der Waals surface area contributed by atoms with Gasteiger partial charge in [-0.2, -0.15) is 0 Å². The maximum absolute atomic E-state index is 14.1. The van der Waals surface area contributed by atoms with E-state index in [1.807, 2.05) is 0 Å². The maximum Gasteiger partial charge on any atom is 0.339 e. The van der Waals surface area contributed by atoms with E-state index in [4.69, 9.17) is 4.74 Å². The van der Waals surface area contributed by atoms with E-state index >= 15 is 0 Å². The first-order valence-corrected chi connectivity index (χ1v) is 8.93. The molecule has 0 aromatic heterocycles. The van der Waals surface area contributed by atoms with E-state index in [0.29, 0.717) is 11.8 Å². The Kier molecular flexibility index (Phi) is 4.16. The van der Waals surface area contributed by atoms with Crippen molar-refractivity contribution in [2.75, 3.05) is 12.9 Å². The average molecular weight is 368 g/mol. The highest BCUT2D eigenvalue weighted by Gasteiger charge is 2.29. The minimum atomic E-state index is -4.09. The Bertz CT molecular complexity index is 986. The molecule has 25 heavy (non-hydrogen) atoms. The monoisotopic (exact) mass is 368 g/mol. The number of hydrogen-bond acceptors (Lipinski definition) is 4. The van der Waals surface area contributed by atoms with Crippen LogP contribution in [0.1, 0.15) is 11.1 Å². The van der Waals surface area contributed by atoms with E-state index in [1.54, 1.807) is 0 Å². The Hall–Kier alpha value is -2.61. The minimum Gasteiger partial charge on any atom is -0.457 e. The second-order valence-corrected chi connectivity index (χ2v) is 7.43. The van der Waals surface area contributed by atoms with Gasteiger partial charge in [0, 0.05) is 11.8 Å². The van der Waals surface area contributed by atoms with Gasteiger partial charge in [0.15, 0.2) is 9.84 Å². The first-order chi connectivity index (χ1) is 11.7. The Morgan fingerprint density at radius 2 is 1.52 bits per heavy atom. The highest BCUT2D eigenvalue weighted by Crippen LogP contribution is 2.34. The van der Waals surface area contributed by atoms with E-state index in [9.17, 15) is 26.4 Å². The normalized spacial score (nSPS) is 14.8. The third-order valence-electron chi connectivity index (χ3n) is 3.70. The summed E-state index contributed by atoms with van der Waals surface area (Å²) < 4.78 is 69.2. The predicted molar refractivity (Wildman–Crippen MR) is 83.6 cm³/mol. The molecule has 1 heterocycles. The molecule has 3 rings (SSSR count). The molecule has 130 valence electrons. The Morgan fingerprint density at radius 3 is 2.04 bits per heavy atom. The van der Waals surface area contributed by atoms with Crippen LogP contribution in [0.25, 0.3) is 11.1 Å². The van der Waals surface area contributed by atoms with Crippen LogP contribution in [0, 0.1) is 17.5 Å². The van der Waals surface area contributed by atoms with Crippen LogP contribution in [-0.2, 0) is 19.4 Å². The van der Waals surface area contributed by atoms with Gasteiger partial charge in [0.2, 0.25) is 0 Å². The molecule has 0 N–H and O–H groups in total. The summed E-state index contributed by atoms with van der Waals surface area (Å²) in [7, 11) is -4.09. The number of rotatable bonds is 3. The molecule has 0 saturated carbocycles. The lowest BCUT2D eigenvalue weighted by atomic mass is 9.96. The molecule has 2 aromatic carbocycles. The first kappa shape index (κ1) is 17.2. The van der Waals surface area contributed by atoms with Crippen molar-refractivity contribution in [3.63, 3.8) is 0 Å². The maximum atomic E-state index is 14.1. The molecule has 4 nitrogen and oxygen atoms in total. The van der Waals surface area contributed by atoms with Gasteiger partial charge in [-0.05, 0) is 35.4 Å². The second kappa shape index (κ2) is 6.03. The van der Waals surface area contributed by atoms with Gasteiger partial charge in [0.1, 0.15) is 29.0 Å². The third-order valence-corrected chi connectivity index (χ3v) is 4.84. The number of sulfone groups is 1. The van der Waals surface area contributed by atoms with E-state index in [1.165, 1.54) is 12.1 Å². The zero-order chi connectivity index (χ0) is 18.4. The lowest BCUT2D eigenvalue weighted by Crippen LogP contribution is -2.06. The summed E-state index contributed by atoms with van der Waals surface area (Å²) in [5.74, 6) is -3.74. The molecule has 1 aliphatic rings. The molecule has 0 unspecified atom stereocenters. The van der Waals surface area contributed by atoms with Crippen LogP contribution >= 0.6 is 0 Å². The number of carbonyl (C=O) groups is 1. The van der Waals surface area contributed by atoms with Crippen molar-refractivity contribution in [1.82, 2.24) is 0 Å². The smallest absolute Gasteiger partial charge is 0.339 e. The molecule has 0 radical (unpaired) electrons. The Morgan fingerprint density at radius 1 is 0.960 bits per heavy atom. The summed E-state index contributed by atoms with van der Waals surface area (Å²) in [4.78, 5) is 10.9. The lowest BCUT2D eigenvalue weighted by Gasteiger charge is -2.08. The highest BCUT2D eigenvalue weighted by molar-refractivity contribution is 7.90. The standard InChI is InChI=1S/C17H11F3O4S/c1-25(22,23)16-13(19)6-10(7-14(16)20)12-8-24-17(21)15(12)9-2-4-11(18)5-3-9/h2-7H,8H2,1H3. The summed E-state index contributed by atoms with van der Waals surface area (Å²) >= 11 is 0. The van der Waals surface area contributed by atoms with Crippen molar-refractivity contribution in [2.45, 2.75) is 4.90 Å². The molecule has 0 spiro atoms. The Labute approximate surface area is 141 Å². The summed E-state index contributed by atoms with van der Waals surface area (Å²) in [6.45, 7) is -0.233. The van der Waals surface area contributed by atoms with Gasteiger partial charge in [0.25, 0.3) is 0 Å². The molecule has 8 heteroatoms. The topological polar surface area (TPSA) is 60.4 Å². The Balaban J connectivity index is 2.20. The molecular formula is C17H11F3O4S. The number of cyclic esters (lactones) is 1. The van der Waals surface area contributed by atoms with Crippen molar-refractivity contribution >= 4 is 27.0 Å². The van der Waals surface area contributed by atoms with Crippen LogP contribution in [-0.4, -0.2) is 27.2 Å². The van der Waals surface area contributed by atoms with Crippen molar-refractivity contribution < 1.29 is 31.1 Å². The molecule has 0 amide bonds. The van der Waals surface area contributed by atoms with E-state index in [0.717, 1.165) is 24.3 Å². The molecule has 0 atom stereocenters. The van der Waals surface area contributed by atoms with Crippen molar-refractivity contribution in [2.24, 2.45) is 0 Å². The largest absolute Gasteiger partial charge is 0.457 e. The molecule has 0 bridgehead atoms. The zero-order valence-electron chi connectivity index (χ0n) is 12.8. The third kappa shape index (κ3) is 3.17. The number of ether oxygens (including phenoxy) is 1. The van der Waals surface area contributed by atoms with Crippen LogP contribution in [0.3, 0.4) is 0 Å². The number of halogens is 3. The summed E-state index contributed by atoms with van der Waals surface area (Å²) in [5.41, 5.74) is 0.542. The van der Waals surface area contributed by atoms with Crippen LogP contribution < -0.4 is 0 Å². The minimum absolute atomic E-state index is 0.0208. The molecular weight excluding hydrogens is 357 g/mol. The molecule has 2 aromatic rings. The molecule has 0 aliphatic carbocycles.